The molecule has 1 aliphatic carbocycles. The molecule has 2 unspecified atom stereocenters. The van der Waals surface area contributed by atoms with Gasteiger partial charge in [0.1, 0.15) is 0 Å². The molecule has 1 N–H and O–H groups in total. The summed E-state index contributed by atoms with van der Waals surface area (Å²) in [5.41, 5.74) is 0. The molecular weight excluding hydrogens is 258 g/mol. The van der Waals surface area contributed by atoms with Crippen LogP contribution in [0.25, 0.3) is 0 Å². The summed E-state index contributed by atoms with van der Waals surface area (Å²) in [5, 5.41) is 3.84. The average Bonchev–Trinajstić information content (AvgIpc) is 2.71. The largest absolute Gasteiger partial charge is 0.314 e. The van der Waals surface area contributed by atoms with Gasteiger partial charge >= 0.3 is 0 Å². The fraction of sp³-hybridized carbons (Fsp3) is 1.00. The van der Waals surface area contributed by atoms with Crippen LogP contribution in [0.15, 0.2) is 0 Å². The minimum Gasteiger partial charge on any atom is -0.314 e. The second kappa shape index (κ2) is 9.12. The molecule has 21 heavy (non-hydrogen) atoms. The average molecular weight is 296 g/mol. The molecule has 0 bridgehead atoms. The molecule has 0 amide bonds. The van der Waals surface area contributed by atoms with Crippen LogP contribution in [-0.4, -0.2) is 62.2 Å². The normalized spacial score (nSPS) is 29.7. The van der Waals surface area contributed by atoms with Gasteiger partial charge in [-0.2, -0.15) is 0 Å². The molecule has 2 atom stereocenters. The van der Waals surface area contributed by atoms with E-state index in [-0.39, 0.29) is 0 Å². The number of nitrogens with one attached hydrogen (secondary N) is 1. The van der Waals surface area contributed by atoms with E-state index in [9.17, 15) is 0 Å². The summed E-state index contributed by atoms with van der Waals surface area (Å²) in [6.07, 6.45) is 11.1. The molecule has 1 saturated carbocycles. The third-order valence-electron chi connectivity index (χ3n) is 5.60. The zero-order valence-electron chi connectivity index (χ0n) is 14.6. The lowest BCUT2D eigenvalue weighted by atomic mass is 9.92. The predicted molar refractivity (Wildman–Crippen MR) is 91.8 cm³/mol. The molecule has 124 valence electrons. The van der Waals surface area contributed by atoms with E-state index >= 15 is 0 Å². The zero-order chi connectivity index (χ0) is 15.1. The Hall–Kier alpha value is -0.120. The molecular formula is C18H37N3. The molecule has 2 aliphatic rings. The van der Waals surface area contributed by atoms with Crippen LogP contribution < -0.4 is 5.32 Å². The van der Waals surface area contributed by atoms with Crippen molar-refractivity contribution in [1.29, 1.82) is 0 Å². The van der Waals surface area contributed by atoms with Crippen molar-refractivity contribution < 1.29 is 0 Å². The maximum atomic E-state index is 3.84. The topological polar surface area (TPSA) is 18.5 Å². The van der Waals surface area contributed by atoms with Gasteiger partial charge in [-0.1, -0.05) is 26.2 Å². The van der Waals surface area contributed by atoms with Gasteiger partial charge in [-0.05, 0) is 71.8 Å². The number of hydrogen-bond acceptors (Lipinski definition) is 3. The number of nitrogens with zero attached hydrogens (tertiary/aromatic N) is 2. The monoisotopic (exact) mass is 295 g/mol. The quantitative estimate of drug-likeness (QED) is 0.760. The molecule has 0 radical (unpaired) electrons. The van der Waals surface area contributed by atoms with E-state index in [2.05, 4.69) is 36.1 Å². The van der Waals surface area contributed by atoms with E-state index in [1.807, 2.05) is 0 Å². The highest BCUT2D eigenvalue weighted by atomic mass is 15.2. The van der Waals surface area contributed by atoms with E-state index in [1.54, 1.807) is 0 Å². The first-order chi connectivity index (χ1) is 10.2. The Morgan fingerprint density at radius 2 is 1.71 bits per heavy atom. The van der Waals surface area contributed by atoms with Crippen LogP contribution in [0.3, 0.4) is 0 Å². The van der Waals surface area contributed by atoms with E-state index in [0.717, 1.165) is 18.0 Å². The minimum absolute atomic E-state index is 0.777. The van der Waals surface area contributed by atoms with Crippen molar-refractivity contribution in [2.24, 2.45) is 5.92 Å². The summed E-state index contributed by atoms with van der Waals surface area (Å²) in [7, 11) is 4.46. The minimum atomic E-state index is 0.777. The first-order valence-corrected chi connectivity index (χ1v) is 9.33. The van der Waals surface area contributed by atoms with Gasteiger partial charge in [0, 0.05) is 18.6 Å². The second-order valence-electron chi connectivity index (χ2n) is 7.45. The number of likely N-dealkylation sites (tertiary alicyclic amines) is 1. The van der Waals surface area contributed by atoms with Crippen molar-refractivity contribution >= 4 is 0 Å². The lowest BCUT2D eigenvalue weighted by molar-refractivity contribution is 0.118. The van der Waals surface area contributed by atoms with Crippen LogP contribution in [0, 0.1) is 5.92 Å². The van der Waals surface area contributed by atoms with Gasteiger partial charge in [0.2, 0.25) is 0 Å². The molecule has 0 spiro atoms. The maximum absolute atomic E-state index is 3.84. The van der Waals surface area contributed by atoms with Gasteiger partial charge in [-0.15, -0.1) is 0 Å². The standard InChI is InChI=1S/C18H37N3/c1-4-12-19-18-9-7-5-6-8-16(18)15-21-13-10-17(11-14-21)20(2)3/h16-19H,4-15H2,1-3H3. The molecule has 3 heteroatoms. The van der Waals surface area contributed by atoms with Crippen molar-refractivity contribution in [2.45, 2.75) is 70.4 Å². The molecule has 0 aromatic carbocycles. The van der Waals surface area contributed by atoms with E-state index in [4.69, 9.17) is 0 Å². The van der Waals surface area contributed by atoms with Crippen LogP contribution in [0.1, 0.15) is 58.3 Å². The molecule has 1 aliphatic heterocycles. The molecule has 3 nitrogen and oxygen atoms in total. The van der Waals surface area contributed by atoms with Crippen LogP contribution >= 0.6 is 0 Å². The van der Waals surface area contributed by atoms with Crippen molar-refractivity contribution in [2.75, 3.05) is 40.3 Å². The lowest BCUT2D eigenvalue weighted by Crippen LogP contribution is -2.47. The third-order valence-corrected chi connectivity index (χ3v) is 5.60. The smallest absolute Gasteiger partial charge is 0.0113 e. The lowest BCUT2D eigenvalue weighted by Gasteiger charge is -2.38. The maximum Gasteiger partial charge on any atom is 0.0113 e. The van der Waals surface area contributed by atoms with Crippen LogP contribution in [0.4, 0.5) is 0 Å². The van der Waals surface area contributed by atoms with Gasteiger partial charge in [-0.3, -0.25) is 0 Å². The Bertz CT molecular complexity index is 272. The number of piperidine rings is 1. The molecule has 1 saturated heterocycles. The Labute approximate surface area is 132 Å². The van der Waals surface area contributed by atoms with E-state index in [1.165, 1.54) is 77.5 Å². The van der Waals surface area contributed by atoms with E-state index < -0.39 is 0 Å². The number of rotatable bonds is 6. The van der Waals surface area contributed by atoms with Crippen molar-refractivity contribution in [3.63, 3.8) is 0 Å². The SMILES string of the molecule is CCCNC1CCCCCC1CN1CCC(N(C)C)CC1. The van der Waals surface area contributed by atoms with Crippen LogP contribution in [0.2, 0.25) is 0 Å². The summed E-state index contributed by atoms with van der Waals surface area (Å²) >= 11 is 0. The van der Waals surface area contributed by atoms with Gasteiger partial charge in [0.25, 0.3) is 0 Å². The fourth-order valence-electron chi connectivity index (χ4n) is 4.15. The van der Waals surface area contributed by atoms with Crippen molar-refractivity contribution in [1.82, 2.24) is 15.1 Å². The van der Waals surface area contributed by atoms with Gasteiger partial charge in [-0.25, -0.2) is 0 Å². The van der Waals surface area contributed by atoms with Crippen LogP contribution in [-0.2, 0) is 0 Å². The Kier molecular flexibility index (Phi) is 7.48. The summed E-state index contributed by atoms with van der Waals surface area (Å²) in [6.45, 7) is 7.43. The second-order valence-corrected chi connectivity index (χ2v) is 7.45. The first-order valence-electron chi connectivity index (χ1n) is 9.33. The highest BCUT2D eigenvalue weighted by Gasteiger charge is 2.27. The van der Waals surface area contributed by atoms with Crippen molar-refractivity contribution in [3.05, 3.63) is 0 Å². The molecule has 0 aromatic rings. The Balaban J connectivity index is 1.81. The van der Waals surface area contributed by atoms with Gasteiger partial charge in [0.15, 0.2) is 0 Å². The number of hydrogen-bond donors (Lipinski definition) is 1. The molecule has 2 fully saturated rings. The molecule has 2 rings (SSSR count). The zero-order valence-corrected chi connectivity index (χ0v) is 14.6. The predicted octanol–water partition coefficient (Wildman–Crippen LogP) is 2.96. The third kappa shape index (κ3) is 5.54. The summed E-state index contributed by atoms with van der Waals surface area (Å²) in [6, 6.07) is 1.59. The van der Waals surface area contributed by atoms with Gasteiger partial charge < -0.3 is 15.1 Å². The van der Waals surface area contributed by atoms with Gasteiger partial charge in [0.05, 0.1) is 0 Å². The van der Waals surface area contributed by atoms with Crippen LogP contribution in [0.5, 0.6) is 0 Å². The first kappa shape index (κ1) is 17.2. The highest BCUT2D eigenvalue weighted by molar-refractivity contribution is 4.84. The molecule has 1 heterocycles. The summed E-state index contributed by atoms with van der Waals surface area (Å²) < 4.78 is 0. The van der Waals surface area contributed by atoms with E-state index in [0.29, 0.717) is 0 Å². The highest BCUT2D eigenvalue weighted by Crippen LogP contribution is 2.26. The Morgan fingerprint density at radius 3 is 2.38 bits per heavy atom. The summed E-state index contributed by atoms with van der Waals surface area (Å²) in [4.78, 5) is 5.16. The summed E-state index contributed by atoms with van der Waals surface area (Å²) in [5.74, 6) is 0.884. The van der Waals surface area contributed by atoms with Crippen molar-refractivity contribution in [3.8, 4) is 0 Å². The molecule has 0 aromatic heterocycles. The Morgan fingerprint density at radius 1 is 1.00 bits per heavy atom. The fourth-order valence-corrected chi connectivity index (χ4v) is 4.15.